The number of furan rings is 1. The lowest BCUT2D eigenvalue weighted by molar-refractivity contribution is -0.135. The molecular weight excluding hydrogens is 344 g/mol. The molecule has 27 heavy (non-hydrogen) atoms. The zero-order valence-corrected chi connectivity index (χ0v) is 15.6. The van der Waals surface area contributed by atoms with E-state index in [2.05, 4.69) is 0 Å². The van der Waals surface area contributed by atoms with Crippen LogP contribution in [-0.2, 0) is 20.9 Å². The van der Waals surface area contributed by atoms with Crippen molar-refractivity contribution >= 4 is 17.9 Å². The van der Waals surface area contributed by atoms with Crippen molar-refractivity contribution in [1.29, 1.82) is 0 Å². The van der Waals surface area contributed by atoms with Crippen LogP contribution in [0.4, 0.5) is 0 Å². The Hall–Kier alpha value is -2.86. The Morgan fingerprint density at radius 3 is 2.74 bits per heavy atom. The zero-order valence-electron chi connectivity index (χ0n) is 15.6. The van der Waals surface area contributed by atoms with Crippen LogP contribution < -0.4 is 0 Å². The number of hydrogen-bond donors (Lipinski definition) is 0. The average molecular weight is 368 g/mol. The Balaban J connectivity index is 1.81. The molecule has 1 aromatic carbocycles. The predicted octanol–water partition coefficient (Wildman–Crippen LogP) is 3.22. The first-order valence-electron chi connectivity index (χ1n) is 8.95. The van der Waals surface area contributed by atoms with E-state index in [0.717, 1.165) is 11.1 Å². The van der Waals surface area contributed by atoms with Crippen LogP contribution in [0.3, 0.4) is 0 Å². The summed E-state index contributed by atoms with van der Waals surface area (Å²) in [7, 11) is 1.61. The summed E-state index contributed by atoms with van der Waals surface area (Å²) in [4.78, 5) is 28.5. The van der Waals surface area contributed by atoms with E-state index in [0.29, 0.717) is 25.5 Å². The van der Waals surface area contributed by atoms with Gasteiger partial charge in [-0.25, -0.2) is 0 Å². The van der Waals surface area contributed by atoms with Gasteiger partial charge in [0.1, 0.15) is 5.76 Å². The number of nitrogens with zero attached hydrogens (tertiary/aromatic N) is 2. The van der Waals surface area contributed by atoms with Crippen LogP contribution in [0.2, 0.25) is 0 Å². The second-order valence-electron chi connectivity index (χ2n) is 6.48. The number of fused-ring (bicyclic) bond motifs is 1. The maximum absolute atomic E-state index is 13.1. The molecular formula is C21H24N2O4. The maximum Gasteiger partial charge on any atom is 0.225 e. The van der Waals surface area contributed by atoms with Crippen molar-refractivity contribution in [1.82, 2.24) is 9.80 Å². The van der Waals surface area contributed by atoms with Gasteiger partial charge in [-0.3, -0.25) is 9.59 Å². The molecule has 1 aromatic heterocycles. The molecule has 1 aliphatic heterocycles. The molecule has 0 spiro atoms. The van der Waals surface area contributed by atoms with E-state index in [4.69, 9.17) is 9.15 Å². The van der Waals surface area contributed by atoms with Gasteiger partial charge in [0.15, 0.2) is 0 Å². The van der Waals surface area contributed by atoms with E-state index in [-0.39, 0.29) is 24.3 Å². The summed E-state index contributed by atoms with van der Waals surface area (Å²) in [6.07, 6.45) is 5.46. The van der Waals surface area contributed by atoms with Crippen molar-refractivity contribution in [2.75, 3.05) is 20.3 Å². The monoisotopic (exact) mass is 368 g/mol. The Morgan fingerprint density at radius 1 is 1.22 bits per heavy atom. The molecule has 2 heterocycles. The number of carbonyl (C=O) groups is 2. The summed E-state index contributed by atoms with van der Waals surface area (Å²) in [6, 6.07) is 11.2. The molecule has 2 aromatic rings. The van der Waals surface area contributed by atoms with Gasteiger partial charge in [0.2, 0.25) is 11.8 Å². The van der Waals surface area contributed by atoms with E-state index >= 15 is 0 Å². The lowest BCUT2D eigenvalue weighted by Gasteiger charge is -2.33. The summed E-state index contributed by atoms with van der Waals surface area (Å²) < 4.78 is 10.5. The van der Waals surface area contributed by atoms with Crippen molar-refractivity contribution in [3.63, 3.8) is 0 Å². The third-order valence-corrected chi connectivity index (χ3v) is 4.68. The first kappa shape index (κ1) is 18.9. The predicted molar refractivity (Wildman–Crippen MR) is 101 cm³/mol. The highest BCUT2D eigenvalue weighted by Crippen LogP contribution is 2.33. The first-order valence-corrected chi connectivity index (χ1v) is 8.95. The highest BCUT2D eigenvalue weighted by molar-refractivity contribution is 5.82. The fourth-order valence-corrected chi connectivity index (χ4v) is 3.29. The van der Waals surface area contributed by atoms with Gasteiger partial charge >= 0.3 is 0 Å². The smallest absolute Gasteiger partial charge is 0.225 e. The zero-order chi connectivity index (χ0) is 19.2. The third-order valence-electron chi connectivity index (χ3n) is 4.68. The molecule has 6 nitrogen and oxygen atoms in total. The normalized spacial score (nSPS) is 15.5. The van der Waals surface area contributed by atoms with Crippen LogP contribution in [-0.4, -0.2) is 41.9 Å². The molecule has 1 aliphatic rings. The minimum atomic E-state index is -0.321. The molecule has 2 amide bonds. The van der Waals surface area contributed by atoms with E-state index in [1.165, 1.54) is 6.92 Å². The fraction of sp³-hybridized carbons (Fsp3) is 0.333. The van der Waals surface area contributed by atoms with Crippen LogP contribution in [0, 0.1) is 0 Å². The second-order valence-corrected chi connectivity index (χ2v) is 6.48. The van der Waals surface area contributed by atoms with E-state index in [1.807, 2.05) is 36.4 Å². The molecule has 0 radical (unpaired) electrons. The Morgan fingerprint density at radius 2 is 2.04 bits per heavy atom. The number of benzene rings is 1. The SMILES string of the molecule is COCCN(Cc1ccco1)C(=O)CC1c2ccccc2C=CN1C(C)=O. The third kappa shape index (κ3) is 4.46. The highest BCUT2D eigenvalue weighted by atomic mass is 16.5. The summed E-state index contributed by atoms with van der Waals surface area (Å²) in [6.45, 7) is 2.78. The van der Waals surface area contributed by atoms with E-state index in [1.54, 1.807) is 35.4 Å². The lowest BCUT2D eigenvalue weighted by Crippen LogP contribution is -2.38. The van der Waals surface area contributed by atoms with Crippen molar-refractivity contribution in [3.05, 3.63) is 65.7 Å². The minimum absolute atomic E-state index is 0.0511. The van der Waals surface area contributed by atoms with Crippen LogP contribution in [0.15, 0.2) is 53.3 Å². The van der Waals surface area contributed by atoms with Gasteiger partial charge in [-0.2, -0.15) is 0 Å². The Kier molecular flexibility index (Phi) is 6.08. The number of hydrogen-bond acceptors (Lipinski definition) is 4. The van der Waals surface area contributed by atoms with Gasteiger partial charge in [0.05, 0.1) is 31.9 Å². The Bertz CT molecular complexity index is 813. The second kappa shape index (κ2) is 8.68. The van der Waals surface area contributed by atoms with Gasteiger partial charge in [-0.05, 0) is 29.3 Å². The molecule has 6 heteroatoms. The van der Waals surface area contributed by atoms with Crippen molar-refractivity contribution < 1.29 is 18.7 Å². The molecule has 142 valence electrons. The Labute approximate surface area is 159 Å². The number of rotatable bonds is 7. The number of ether oxygens (including phenoxy) is 1. The molecule has 0 N–H and O–H groups in total. The molecule has 0 aliphatic carbocycles. The molecule has 0 fully saturated rings. The summed E-state index contributed by atoms with van der Waals surface area (Å²) in [5.41, 5.74) is 2.01. The molecule has 1 unspecified atom stereocenters. The summed E-state index contributed by atoms with van der Waals surface area (Å²) in [5.74, 6) is 0.574. The topological polar surface area (TPSA) is 63.0 Å². The highest BCUT2D eigenvalue weighted by Gasteiger charge is 2.30. The van der Waals surface area contributed by atoms with E-state index < -0.39 is 0 Å². The van der Waals surface area contributed by atoms with Gasteiger partial charge in [0.25, 0.3) is 0 Å². The number of carbonyl (C=O) groups excluding carboxylic acids is 2. The summed E-state index contributed by atoms with van der Waals surface area (Å²) in [5, 5.41) is 0. The van der Waals surface area contributed by atoms with Gasteiger partial charge in [-0.15, -0.1) is 0 Å². The van der Waals surface area contributed by atoms with Crippen LogP contribution in [0.25, 0.3) is 6.08 Å². The standard InChI is InChI=1S/C21H24N2O4/c1-16(24)23-10-9-17-6-3-4-8-19(17)20(23)14-21(25)22(11-13-26-2)15-18-7-5-12-27-18/h3-10,12,20H,11,13-15H2,1-2H3. The fourth-order valence-electron chi connectivity index (χ4n) is 3.29. The van der Waals surface area contributed by atoms with E-state index in [9.17, 15) is 9.59 Å². The van der Waals surface area contributed by atoms with Crippen LogP contribution in [0.5, 0.6) is 0 Å². The largest absolute Gasteiger partial charge is 0.467 e. The molecule has 0 saturated heterocycles. The molecule has 0 saturated carbocycles. The van der Waals surface area contributed by atoms with Gasteiger partial charge < -0.3 is 19.0 Å². The molecule has 3 rings (SSSR count). The quantitative estimate of drug-likeness (QED) is 0.753. The maximum atomic E-state index is 13.1. The number of methoxy groups -OCH3 is 1. The van der Waals surface area contributed by atoms with Crippen LogP contribution in [0.1, 0.15) is 36.3 Å². The minimum Gasteiger partial charge on any atom is -0.467 e. The van der Waals surface area contributed by atoms with Gasteiger partial charge in [0, 0.05) is 26.8 Å². The lowest BCUT2D eigenvalue weighted by atomic mass is 9.93. The van der Waals surface area contributed by atoms with Crippen molar-refractivity contribution in [2.24, 2.45) is 0 Å². The van der Waals surface area contributed by atoms with Crippen molar-refractivity contribution in [3.8, 4) is 0 Å². The number of amides is 2. The molecule has 0 bridgehead atoms. The first-order chi connectivity index (χ1) is 13.1. The molecule has 1 atom stereocenters. The van der Waals surface area contributed by atoms with Gasteiger partial charge in [-0.1, -0.05) is 24.3 Å². The van der Waals surface area contributed by atoms with Crippen LogP contribution >= 0.6 is 0 Å². The summed E-state index contributed by atoms with van der Waals surface area (Å²) >= 11 is 0. The van der Waals surface area contributed by atoms with Crippen molar-refractivity contribution in [2.45, 2.75) is 25.9 Å². The average Bonchev–Trinajstić information content (AvgIpc) is 3.18.